The summed E-state index contributed by atoms with van der Waals surface area (Å²) >= 11 is 3.59. The Morgan fingerprint density at radius 1 is 1.04 bits per heavy atom. The van der Waals surface area contributed by atoms with E-state index in [1.165, 1.54) is 12.1 Å². The van der Waals surface area contributed by atoms with Crippen LogP contribution < -0.4 is 10.1 Å². The molecule has 1 aliphatic heterocycles. The molecule has 0 fully saturated rings. The zero-order valence-corrected chi connectivity index (χ0v) is 26.4. The number of nitrogens with one attached hydrogen (secondary N) is 1. The lowest BCUT2D eigenvalue weighted by molar-refractivity contribution is -0.137. The fraction of sp³-hybridized carbons (Fsp3) is 0.235. The molecule has 47 heavy (non-hydrogen) atoms. The van der Waals surface area contributed by atoms with Gasteiger partial charge in [-0.1, -0.05) is 75.6 Å². The van der Waals surface area contributed by atoms with Crippen molar-refractivity contribution in [3.8, 4) is 5.75 Å². The molecule has 4 aromatic rings. The van der Waals surface area contributed by atoms with Gasteiger partial charge in [0.05, 0.1) is 12.2 Å². The number of rotatable bonds is 12. The largest absolute Gasteiger partial charge is 0.494 e. The summed E-state index contributed by atoms with van der Waals surface area (Å²) in [6.45, 7) is 0.263. The van der Waals surface area contributed by atoms with Crippen LogP contribution >= 0.6 is 15.9 Å². The fourth-order valence-electron chi connectivity index (χ4n) is 5.19. The summed E-state index contributed by atoms with van der Waals surface area (Å²) in [6, 6.07) is 25.6. The SMILES string of the molecule is [N-]=[N+]=Nc1ccccc1C[C@@]1(C(=O)NCc2ccc(C(F)(F)F)cc2)N=C(c2ccc(OCCCO)cc2)O[C@@H]1c1ccccc1Br. The fourth-order valence-corrected chi connectivity index (χ4v) is 5.68. The van der Waals surface area contributed by atoms with E-state index in [0.717, 1.165) is 12.1 Å². The van der Waals surface area contributed by atoms with Crippen LogP contribution in [0.3, 0.4) is 0 Å². The van der Waals surface area contributed by atoms with Crippen LogP contribution in [0.4, 0.5) is 18.9 Å². The molecule has 1 aliphatic rings. The number of carbonyl (C=O) groups is 1. The lowest BCUT2D eigenvalue weighted by atomic mass is 9.81. The number of aliphatic hydroxyl groups is 1. The molecule has 0 radical (unpaired) electrons. The summed E-state index contributed by atoms with van der Waals surface area (Å²) in [5.41, 5.74) is 9.28. The molecule has 5 rings (SSSR count). The third-order valence-electron chi connectivity index (χ3n) is 7.56. The van der Waals surface area contributed by atoms with Crippen molar-refractivity contribution in [2.24, 2.45) is 10.1 Å². The van der Waals surface area contributed by atoms with E-state index in [-0.39, 0.29) is 25.5 Å². The first kappa shape index (κ1) is 33.5. The molecule has 9 nitrogen and oxygen atoms in total. The average Bonchev–Trinajstić information content (AvgIpc) is 3.45. The van der Waals surface area contributed by atoms with Gasteiger partial charge in [0, 0.05) is 52.2 Å². The highest BCUT2D eigenvalue weighted by molar-refractivity contribution is 9.10. The third-order valence-corrected chi connectivity index (χ3v) is 8.28. The standard InChI is InChI=1S/C34H29BrF3N5O4/c35-28-8-3-2-7-27(28)30-33(20-24-6-1-4-9-29(24)42-43-39,32(45)40-21-22-10-14-25(15-11-22)34(36,37)38)41-31(47-30)23-12-16-26(17-13-23)46-19-5-18-44/h1-4,6-17,30,44H,5,18-21H2,(H,40,45)/t30-,33-/m1/s1. The smallest absolute Gasteiger partial charge is 0.416 e. The quantitative estimate of drug-likeness (QED) is 0.0669. The number of hydrogen-bond acceptors (Lipinski definition) is 6. The Hall–Kier alpha value is -4.84. The molecule has 2 atom stereocenters. The number of carbonyl (C=O) groups excluding carboxylic acids is 1. The van der Waals surface area contributed by atoms with Crippen molar-refractivity contribution in [3.05, 3.63) is 140 Å². The maximum Gasteiger partial charge on any atom is 0.416 e. The van der Waals surface area contributed by atoms with Gasteiger partial charge in [0.2, 0.25) is 5.90 Å². The minimum Gasteiger partial charge on any atom is -0.494 e. The van der Waals surface area contributed by atoms with Crippen molar-refractivity contribution in [2.75, 3.05) is 13.2 Å². The molecular weight excluding hydrogens is 679 g/mol. The molecule has 0 spiro atoms. The first-order valence-electron chi connectivity index (χ1n) is 14.6. The van der Waals surface area contributed by atoms with E-state index in [2.05, 4.69) is 31.3 Å². The summed E-state index contributed by atoms with van der Waals surface area (Å²) in [4.78, 5) is 22.4. The first-order chi connectivity index (χ1) is 22.6. The van der Waals surface area contributed by atoms with Gasteiger partial charge in [-0.3, -0.25) is 4.79 Å². The molecule has 242 valence electrons. The van der Waals surface area contributed by atoms with Crippen LogP contribution in [0.5, 0.6) is 5.75 Å². The summed E-state index contributed by atoms with van der Waals surface area (Å²) in [5, 5.41) is 15.7. The second-order valence-electron chi connectivity index (χ2n) is 10.7. The Balaban J connectivity index is 1.58. The van der Waals surface area contributed by atoms with Crippen LogP contribution in [0.15, 0.2) is 112 Å². The predicted molar refractivity (Wildman–Crippen MR) is 173 cm³/mol. The zero-order valence-electron chi connectivity index (χ0n) is 24.8. The van der Waals surface area contributed by atoms with Crippen molar-refractivity contribution in [2.45, 2.75) is 37.2 Å². The number of hydrogen-bond donors (Lipinski definition) is 2. The summed E-state index contributed by atoms with van der Waals surface area (Å²) in [7, 11) is 0. The minimum absolute atomic E-state index is 0.00495. The normalized spacial score (nSPS) is 17.3. The summed E-state index contributed by atoms with van der Waals surface area (Å²) < 4.78 is 52.3. The van der Waals surface area contributed by atoms with Crippen LogP contribution in [0, 0.1) is 0 Å². The maximum atomic E-state index is 14.5. The van der Waals surface area contributed by atoms with Gasteiger partial charge in [0.25, 0.3) is 5.91 Å². The number of alkyl halides is 3. The van der Waals surface area contributed by atoms with Crippen LogP contribution in [0.25, 0.3) is 10.4 Å². The van der Waals surface area contributed by atoms with Gasteiger partial charge in [-0.25, -0.2) is 4.99 Å². The van der Waals surface area contributed by atoms with Gasteiger partial charge in [-0.15, -0.1) is 0 Å². The summed E-state index contributed by atoms with van der Waals surface area (Å²) in [5.74, 6) is 0.207. The third kappa shape index (κ3) is 7.76. The van der Waals surface area contributed by atoms with Crippen molar-refractivity contribution >= 4 is 33.4 Å². The van der Waals surface area contributed by atoms with Crippen molar-refractivity contribution in [1.82, 2.24) is 5.32 Å². The van der Waals surface area contributed by atoms with Crippen LogP contribution in [-0.2, 0) is 28.7 Å². The van der Waals surface area contributed by atoms with Crippen molar-refractivity contribution in [1.29, 1.82) is 0 Å². The van der Waals surface area contributed by atoms with Crippen LogP contribution in [-0.4, -0.2) is 35.7 Å². The van der Waals surface area contributed by atoms with Crippen molar-refractivity contribution < 1.29 is 32.5 Å². The number of amides is 1. The van der Waals surface area contributed by atoms with E-state index in [1.54, 1.807) is 54.6 Å². The molecule has 0 unspecified atom stereocenters. The highest BCUT2D eigenvalue weighted by Crippen LogP contribution is 2.45. The Bertz CT molecular complexity index is 1790. The Labute approximate surface area is 276 Å². The van der Waals surface area contributed by atoms with E-state index in [1.807, 2.05) is 18.2 Å². The van der Waals surface area contributed by atoms with Gasteiger partial charge in [-0.05, 0) is 59.1 Å². The zero-order chi connectivity index (χ0) is 33.4. The van der Waals surface area contributed by atoms with E-state index in [9.17, 15) is 23.5 Å². The van der Waals surface area contributed by atoms with Gasteiger partial charge < -0.3 is 19.9 Å². The predicted octanol–water partition coefficient (Wildman–Crippen LogP) is 7.99. The molecule has 2 N–H and O–H groups in total. The number of benzene rings is 4. The second kappa shape index (κ2) is 14.7. The number of nitrogens with zero attached hydrogens (tertiary/aromatic N) is 4. The molecule has 0 bridgehead atoms. The lowest BCUT2D eigenvalue weighted by Crippen LogP contribution is -2.49. The second-order valence-corrected chi connectivity index (χ2v) is 11.5. The molecular formula is C34H29BrF3N5O4. The molecule has 0 aromatic heterocycles. The Morgan fingerprint density at radius 3 is 2.43 bits per heavy atom. The number of ether oxygens (including phenoxy) is 2. The topological polar surface area (TPSA) is 129 Å². The van der Waals surface area contributed by atoms with E-state index in [0.29, 0.717) is 51.2 Å². The minimum atomic E-state index is -4.49. The molecule has 4 aromatic carbocycles. The van der Waals surface area contributed by atoms with E-state index >= 15 is 0 Å². The van der Waals surface area contributed by atoms with Gasteiger partial charge in [-0.2, -0.15) is 13.2 Å². The number of aliphatic imine (C=N–C) groups is 1. The molecule has 0 saturated carbocycles. The number of aliphatic hydroxyl groups excluding tert-OH is 1. The van der Waals surface area contributed by atoms with E-state index in [4.69, 9.17) is 19.6 Å². The average molecular weight is 709 g/mol. The maximum absolute atomic E-state index is 14.5. The van der Waals surface area contributed by atoms with E-state index < -0.39 is 29.3 Å². The molecule has 0 aliphatic carbocycles. The molecule has 0 saturated heterocycles. The first-order valence-corrected chi connectivity index (χ1v) is 15.4. The molecule has 1 heterocycles. The van der Waals surface area contributed by atoms with Crippen LogP contribution in [0.2, 0.25) is 0 Å². The van der Waals surface area contributed by atoms with Gasteiger partial charge >= 0.3 is 6.18 Å². The van der Waals surface area contributed by atoms with Gasteiger partial charge in [0.15, 0.2) is 11.6 Å². The lowest BCUT2D eigenvalue weighted by Gasteiger charge is -2.31. The molecule has 1 amide bonds. The highest BCUT2D eigenvalue weighted by atomic mass is 79.9. The van der Waals surface area contributed by atoms with Crippen molar-refractivity contribution in [3.63, 3.8) is 0 Å². The Morgan fingerprint density at radius 2 is 1.74 bits per heavy atom. The number of halogens is 4. The molecule has 13 heteroatoms. The van der Waals surface area contributed by atoms with Crippen LogP contribution in [0.1, 0.15) is 40.3 Å². The monoisotopic (exact) mass is 707 g/mol. The van der Waals surface area contributed by atoms with Gasteiger partial charge in [0.1, 0.15) is 5.75 Å². The summed E-state index contributed by atoms with van der Waals surface area (Å²) in [6.07, 6.45) is -5.02. The Kier molecular flexibility index (Phi) is 10.5. The highest BCUT2D eigenvalue weighted by Gasteiger charge is 2.54. The number of azide groups is 1.